The Kier molecular flexibility index (Phi) is 5.29. The molecule has 0 aliphatic rings. The van der Waals surface area contributed by atoms with Crippen LogP contribution in [0, 0.1) is 0 Å². The molecule has 24 heavy (non-hydrogen) atoms. The zero-order chi connectivity index (χ0) is 16.8. The third-order valence-corrected chi connectivity index (χ3v) is 4.18. The molecule has 0 aliphatic heterocycles. The summed E-state index contributed by atoms with van der Waals surface area (Å²) in [6, 6.07) is 18.5. The molecule has 124 valence electrons. The van der Waals surface area contributed by atoms with Crippen molar-refractivity contribution in [3.8, 4) is 0 Å². The van der Waals surface area contributed by atoms with E-state index in [9.17, 15) is 4.79 Å². The second-order valence-corrected chi connectivity index (χ2v) is 5.76. The molecule has 3 rings (SSSR count). The molecule has 2 aromatic carbocycles. The fourth-order valence-corrected chi connectivity index (χ4v) is 3.01. The summed E-state index contributed by atoms with van der Waals surface area (Å²) in [5.41, 5.74) is 1.16. The Morgan fingerprint density at radius 2 is 1.83 bits per heavy atom. The van der Waals surface area contributed by atoms with Crippen LogP contribution in [0.15, 0.2) is 67.0 Å². The van der Waals surface area contributed by atoms with E-state index in [2.05, 4.69) is 40.2 Å². The molecular formula is C20H22N2O2. The van der Waals surface area contributed by atoms with Gasteiger partial charge in [0.15, 0.2) is 0 Å². The molecule has 0 spiro atoms. The molecule has 0 radical (unpaired) electrons. The fraction of sp³-hybridized carbons (Fsp3) is 0.250. The van der Waals surface area contributed by atoms with Crippen molar-refractivity contribution < 1.29 is 9.53 Å². The number of carbonyl (C=O) groups is 1. The first-order valence-corrected chi connectivity index (χ1v) is 8.15. The summed E-state index contributed by atoms with van der Waals surface area (Å²) in [6.07, 6.45) is 4.41. The third-order valence-electron chi connectivity index (χ3n) is 4.18. The van der Waals surface area contributed by atoms with Crippen molar-refractivity contribution in [2.45, 2.75) is 12.5 Å². The Labute approximate surface area is 142 Å². The lowest BCUT2D eigenvalue weighted by atomic mass is 9.96. The smallest absolute Gasteiger partial charge is 0.222 e. The Morgan fingerprint density at radius 3 is 2.62 bits per heavy atom. The first kappa shape index (κ1) is 16.3. The van der Waals surface area contributed by atoms with E-state index in [1.54, 1.807) is 7.11 Å². The van der Waals surface area contributed by atoms with Gasteiger partial charge in [0.2, 0.25) is 5.91 Å². The lowest BCUT2D eigenvalue weighted by Crippen LogP contribution is -2.29. The summed E-state index contributed by atoms with van der Waals surface area (Å²) in [6.45, 7) is 1.05. The topological polar surface area (TPSA) is 43.3 Å². The highest BCUT2D eigenvalue weighted by Gasteiger charge is 2.19. The minimum Gasteiger partial charge on any atom is -0.383 e. The minimum absolute atomic E-state index is 0.0266. The molecule has 1 heterocycles. The van der Waals surface area contributed by atoms with Gasteiger partial charge in [0, 0.05) is 26.0 Å². The molecule has 0 saturated carbocycles. The second kappa shape index (κ2) is 7.79. The van der Waals surface area contributed by atoms with E-state index >= 15 is 0 Å². The molecule has 0 fully saturated rings. The Hall–Kier alpha value is -2.59. The van der Waals surface area contributed by atoms with Gasteiger partial charge in [-0.3, -0.25) is 4.79 Å². The second-order valence-electron chi connectivity index (χ2n) is 5.76. The lowest BCUT2D eigenvalue weighted by molar-refractivity contribution is -0.121. The molecule has 1 unspecified atom stereocenters. The van der Waals surface area contributed by atoms with E-state index in [0.29, 0.717) is 19.6 Å². The normalized spacial score (nSPS) is 12.2. The number of aromatic nitrogens is 1. The van der Waals surface area contributed by atoms with Gasteiger partial charge in [-0.2, -0.15) is 0 Å². The Bertz CT molecular complexity index is 791. The van der Waals surface area contributed by atoms with Gasteiger partial charge in [-0.15, -0.1) is 0 Å². The van der Waals surface area contributed by atoms with Gasteiger partial charge in [-0.1, -0.05) is 42.5 Å². The Morgan fingerprint density at radius 1 is 1.08 bits per heavy atom. The fourth-order valence-electron chi connectivity index (χ4n) is 3.01. The zero-order valence-electron chi connectivity index (χ0n) is 13.8. The standard InChI is InChI=1S/C20H22N2O2/c1-24-14-11-21-20(23)15-19(22-12-4-5-13-22)18-10-6-8-16-7-2-3-9-17(16)18/h2-10,12-13,19H,11,14-15H2,1H3,(H,21,23). The van der Waals surface area contributed by atoms with Crippen LogP contribution < -0.4 is 5.32 Å². The quantitative estimate of drug-likeness (QED) is 0.678. The van der Waals surface area contributed by atoms with Crippen molar-refractivity contribution >= 4 is 16.7 Å². The van der Waals surface area contributed by atoms with Gasteiger partial charge in [0.05, 0.1) is 19.1 Å². The minimum atomic E-state index is -0.0337. The highest BCUT2D eigenvalue weighted by molar-refractivity contribution is 5.87. The number of rotatable bonds is 7. The summed E-state index contributed by atoms with van der Waals surface area (Å²) < 4.78 is 7.09. The van der Waals surface area contributed by atoms with E-state index in [1.165, 1.54) is 10.8 Å². The number of amides is 1. The molecule has 1 amide bonds. The van der Waals surface area contributed by atoms with Crippen LogP contribution in [0.4, 0.5) is 0 Å². The van der Waals surface area contributed by atoms with Crippen LogP contribution in [0.2, 0.25) is 0 Å². The number of carbonyl (C=O) groups excluding carboxylic acids is 1. The van der Waals surface area contributed by atoms with Gasteiger partial charge >= 0.3 is 0 Å². The average molecular weight is 322 g/mol. The lowest BCUT2D eigenvalue weighted by Gasteiger charge is -2.21. The van der Waals surface area contributed by atoms with Crippen molar-refractivity contribution in [3.05, 3.63) is 72.6 Å². The molecule has 0 saturated heterocycles. The molecule has 3 aromatic rings. The molecule has 1 atom stereocenters. The van der Waals surface area contributed by atoms with Crippen molar-refractivity contribution in [1.82, 2.24) is 9.88 Å². The van der Waals surface area contributed by atoms with E-state index in [4.69, 9.17) is 4.74 Å². The van der Waals surface area contributed by atoms with E-state index < -0.39 is 0 Å². The summed E-state index contributed by atoms with van der Waals surface area (Å²) in [4.78, 5) is 12.4. The predicted octanol–water partition coefficient (Wildman–Crippen LogP) is 3.38. The zero-order valence-corrected chi connectivity index (χ0v) is 13.8. The molecule has 0 bridgehead atoms. The Balaban J connectivity index is 1.92. The van der Waals surface area contributed by atoms with Crippen LogP contribution in [0.3, 0.4) is 0 Å². The largest absolute Gasteiger partial charge is 0.383 e. The summed E-state index contributed by atoms with van der Waals surface area (Å²) >= 11 is 0. The molecule has 0 aliphatic carbocycles. The molecule has 4 heteroatoms. The predicted molar refractivity (Wildman–Crippen MR) is 96.0 cm³/mol. The highest BCUT2D eigenvalue weighted by atomic mass is 16.5. The molecular weight excluding hydrogens is 300 g/mol. The number of ether oxygens (including phenoxy) is 1. The van der Waals surface area contributed by atoms with E-state index in [-0.39, 0.29) is 11.9 Å². The van der Waals surface area contributed by atoms with Gasteiger partial charge in [0.1, 0.15) is 0 Å². The van der Waals surface area contributed by atoms with E-state index in [1.807, 2.05) is 36.7 Å². The molecule has 1 aromatic heterocycles. The van der Waals surface area contributed by atoms with Crippen molar-refractivity contribution in [3.63, 3.8) is 0 Å². The van der Waals surface area contributed by atoms with Gasteiger partial charge < -0.3 is 14.6 Å². The van der Waals surface area contributed by atoms with Crippen molar-refractivity contribution in [2.24, 2.45) is 0 Å². The number of nitrogens with zero attached hydrogens (tertiary/aromatic N) is 1. The maximum Gasteiger partial charge on any atom is 0.222 e. The van der Waals surface area contributed by atoms with Crippen LogP contribution >= 0.6 is 0 Å². The maximum atomic E-state index is 12.4. The van der Waals surface area contributed by atoms with Crippen LogP contribution in [0.5, 0.6) is 0 Å². The number of methoxy groups -OCH3 is 1. The summed E-state index contributed by atoms with van der Waals surface area (Å²) in [5, 5.41) is 5.29. The maximum absolute atomic E-state index is 12.4. The number of benzene rings is 2. The molecule has 1 N–H and O–H groups in total. The van der Waals surface area contributed by atoms with Gasteiger partial charge in [-0.05, 0) is 28.5 Å². The first-order valence-electron chi connectivity index (χ1n) is 8.15. The van der Waals surface area contributed by atoms with Crippen LogP contribution in [-0.2, 0) is 9.53 Å². The van der Waals surface area contributed by atoms with Gasteiger partial charge in [0.25, 0.3) is 0 Å². The monoisotopic (exact) mass is 322 g/mol. The average Bonchev–Trinajstić information content (AvgIpc) is 3.14. The van der Waals surface area contributed by atoms with Crippen LogP contribution in [0.25, 0.3) is 10.8 Å². The van der Waals surface area contributed by atoms with Crippen molar-refractivity contribution in [2.75, 3.05) is 20.3 Å². The first-order chi connectivity index (χ1) is 11.8. The van der Waals surface area contributed by atoms with Crippen LogP contribution in [-0.4, -0.2) is 30.7 Å². The number of fused-ring (bicyclic) bond motifs is 1. The summed E-state index contributed by atoms with van der Waals surface area (Å²) in [5.74, 6) is 0.0266. The third kappa shape index (κ3) is 3.66. The number of hydrogen-bond donors (Lipinski definition) is 1. The SMILES string of the molecule is COCCNC(=O)CC(c1cccc2ccccc12)n1cccc1. The molecule has 4 nitrogen and oxygen atoms in total. The highest BCUT2D eigenvalue weighted by Crippen LogP contribution is 2.29. The number of hydrogen-bond acceptors (Lipinski definition) is 2. The van der Waals surface area contributed by atoms with Crippen molar-refractivity contribution in [1.29, 1.82) is 0 Å². The number of nitrogens with one attached hydrogen (secondary N) is 1. The summed E-state index contributed by atoms with van der Waals surface area (Å²) in [7, 11) is 1.63. The van der Waals surface area contributed by atoms with Crippen LogP contribution in [0.1, 0.15) is 18.0 Å². The van der Waals surface area contributed by atoms with E-state index in [0.717, 1.165) is 5.56 Å². The van der Waals surface area contributed by atoms with Gasteiger partial charge in [-0.25, -0.2) is 0 Å².